The lowest BCUT2D eigenvalue weighted by Gasteiger charge is -2.20. The SMILES string of the molecule is COCCN(CCO)CC(=O)Nc1ccc(N)cc1OC. The molecule has 0 unspecified atom stereocenters. The van der Waals surface area contributed by atoms with Crippen molar-refractivity contribution in [2.45, 2.75) is 0 Å². The zero-order valence-corrected chi connectivity index (χ0v) is 12.5. The summed E-state index contributed by atoms with van der Waals surface area (Å²) in [6, 6.07) is 5.03. The van der Waals surface area contributed by atoms with E-state index < -0.39 is 0 Å². The number of nitrogens with two attached hydrogens (primary N) is 1. The zero-order valence-electron chi connectivity index (χ0n) is 12.5. The van der Waals surface area contributed by atoms with E-state index in [1.54, 1.807) is 25.3 Å². The minimum Gasteiger partial charge on any atom is -0.494 e. The van der Waals surface area contributed by atoms with Gasteiger partial charge in [0.1, 0.15) is 5.75 Å². The number of nitrogens with zero attached hydrogens (tertiary/aromatic N) is 1. The Kier molecular flexibility index (Phi) is 7.52. The van der Waals surface area contributed by atoms with Gasteiger partial charge in [-0.2, -0.15) is 0 Å². The van der Waals surface area contributed by atoms with Gasteiger partial charge in [0, 0.05) is 32.0 Å². The van der Waals surface area contributed by atoms with E-state index in [9.17, 15) is 4.79 Å². The summed E-state index contributed by atoms with van der Waals surface area (Å²) in [5.41, 5.74) is 6.79. The minimum atomic E-state index is -0.192. The number of nitrogens with one attached hydrogen (secondary N) is 1. The fourth-order valence-electron chi connectivity index (χ4n) is 1.84. The number of anilines is 2. The van der Waals surface area contributed by atoms with Gasteiger partial charge in [-0.3, -0.25) is 9.69 Å². The summed E-state index contributed by atoms with van der Waals surface area (Å²) >= 11 is 0. The number of hydrogen-bond donors (Lipinski definition) is 3. The molecular formula is C14H23N3O4. The molecule has 7 nitrogen and oxygen atoms in total. The molecule has 118 valence electrons. The van der Waals surface area contributed by atoms with Gasteiger partial charge in [-0.05, 0) is 12.1 Å². The Labute approximate surface area is 124 Å². The van der Waals surface area contributed by atoms with Crippen LogP contribution in [-0.2, 0) is 9.53 Å². The highest BCUT2D eigenvalue weighted by molar-refractivity contribution is 5.94. The molecule has 0 radical (unpaired) electrons. The van der Waals surface area contributed by atoms with Crippen molar-refractivity contribution < 1.29 is 19.4 Å². The number of aliphatic hydroxyl groups excluding tert-OH is 1. The number of carbonyl (C=O) groups is 1. The van der Waals surface area contributed by atoms with Gasteiger partial charge in [0.05, 0.1) is 32.6 Å². The van der Waals surface area contributed by atoms with Crippen LogP contribution in [0, 0.1) is 0 Å². The van der Waals surface area contributed by atoms with Gasteiger partial charge in [-0.15, -0.1) is 0 Å². The van der Waals surface area contributed by atoms with Crippen LogP contribution >= 0.6 is 0 Å². The average Bonchev–Trinajstić information content (AvgIpc) is 2.46. The second kappa shape index (κ2) is 9.17. The molecule has 1 aromatic carbocycles. The lowest BCUT2D eigenvalue weighted by Crippen LogP contribution is -2.37. The third-order valence-corrected chi connectivity index (χ3v) is 2.89. The first-order chi connectivity index (χ1) is 10.1. The van der Waals surface area contributed by atoms with Crippen molar-refractivity contribution in [1.29, 1.82) is 0 Å². The number of nitrogen functional groups attached to an aromatic ring is 1. The monoisotopic (exact) mass is 297 g/mol. The molecule has 0 heterocycles. The van der Waals surface area contributed by atoms with Crippen LogP contribution in [0.3, 0.4) is 0 Å². The molecule has 0 spiro atoms. The van der Waals surface area contributed by atoms with E-state index in [0.717, 1.165) is 0 Å². The Balaban J connectivity index is 2.62. The molecule has 0 atom stereocenters. The van der Waals surface area contributed by atoms with E-state index in [2.05, 4.69) is 5.32 Å². The van der Waals surface area contributed by atoms with Crippen molar-refractivity contribution in [2.24, 2.45) is 0 Å². The lowest BCUT2D eigenvalue weighted by molar-refractivity contribution is -0.117. The fourth-order valence-corrected chi connectivity index (χ4v) is 1.84. The molecule has 0 fully saturated rings. The highest BCUT2D eigenvalue weighted by atomic mass is 16.5. The van der Waals surface area contributed by atoms with Crippen LogP contribution in [0.15, 0.2) is 18.2 Å². The molecule has 7 heteroatoms. The summed E-state index contributed by atoms with van der Waals surface area (Å²) < 4.78 is 10.2. The lowest BCUT2D eigenvalue weighted by atomic mass is 10.2. The first kappa shape index (κ1) is 17.2. The molecule has 1 rings (SSSR count). The normalized spacial score (nSPS) is 10.7. The van der Waals surface area contributed by atoms with E-state index >= 15 is 0 Å². The molecule has 1 amide bonds. The molecule has 21 heavy (non-hydrogen) atoms. The van der Waals surface area contributed by atoms with Gasteiger partial charge in [-0.25, -0.2) is 0 Å². The summed E-state index contributed by atoms with van der Waals surface area (Å²) in [6.45, 7) is 1.64. The maximum atomic E-state index is 12.1. The van der Waals surface area contributed by atoms with Crippen LogP contribution in [0.4, 0.5) is 11.4 Å². The highest BCUT2D eigenvalue weighted by Crippen LogP contribution is 2.26. The van der Waals surface area contributed by atoms with Crippen molar-refractivity contribution >= 4 is 17.3 Å². The third kappa shape index (κ3) is 5.99. The van der Waals surface area contributed by atoms with E-state index in [1.807, 2.05) is 4.90 Å². The van der Waals surface area contributed by atoms with E-state index in [4.69, 9.17) is 20.3 Å². The smallest absolute Gasteiger partial charge is 0.238 e. The molecule has 0 aromatic heterocycles. The van der Waals surface area contributed by atoms with Gasteiger partial charge >= 0.3 is 0 Å². The predicted molar refractivity (Wildman–Crippen MR) is 81.4 cm³/mol. The summed E-state index contributed by atoms with van der Waals surface area (Å²) in [5, 5.41) is 11.8. The number of carbonyl (C=O) groups excluding carboxylic acids is 1. The number of amides is 1. The molecule has 0 bridgehead atoms. The summed E-state index contributed by atoms with van der Waals surface area (Å²) in [5.74, 6) is 0.316. The maximum Gasteiger partial charge on any atom is 0.238 e. The number of hydrogen-bond acceptors (Lipinski definition) is 6. The molecule has 0 saturated carbocycles. The standard InChI is InChI=1S/C14H23N3O4/c1-20-8-6-17(5-7-18)10-14(19)16-12-4-3-11(15)9-13(12)21-2/h3-4,9,18H,5-8,10,15H2,1-2H3,(H,16,19). The van der Waals surface area contributed by atoms with E-state index in [1.165, 1.54) is 7.11 Å². The number of benzene rings is 1. The number of ether oxygens (including phenoxy) is 2. The maximum absolute atomic E-state index is 12.1. The van der Waals surface area contributed by atoms with Gasteiger partial charge in [0.15, 0.2) is 0 Å². The first-order valence-electron chi connectivity index (χ1n) is 6.66. The van der Waals surface area contributed by atoms with Gasteiger partial charge in [0.2, 0.25) is 5.91 Å². The topological polar surface area (TPSA) is 97.1 Å². The number of rotatable bonds is 9. The van der Waals surface area contributed by atoms with Crippen LogP contribution < -0.4 is 15.8 Å². The Bertz CT molecular complexity index is 454. The van der Waals surface area contributed by atoms with Crippen molar-refractivity contribution in [3.63, 3.8) is 0 Å². The Morgan fingerprint density at radius 3 is 2.76 bits per heavy atom. The molecule has 1 aromatic rings. The predicted octanol–water partition coefficient (Wildman–Crippen LogP) is 0.157. The van der Waals surface area contributed by atoms with Gasteiger partial charge in [-0.1, -0.05) is 0 Å². The molecular weight excluding hydrogens is 274 g/mol. The van der Waals surface area contributed by atoms with E-state index in [0.29, 0.717) is 36.8 Å². The second-order valence-electron chi connectivity index (χ2n) is 4.50. The summed E-state index contributed by atoms with van der Waals surface area (Å²) in [7, 11) is 3.11. The number of methoxy groups -OCH3 is 2. The second-order valence-corrected chi connectivity index (χ2v) is 4.50. The Hall–Kier alpha value is -1.83. The van der Waals surface area contributed by atoms with Crippen LogP contribution in [0.5, 0.6) is 5.75 Å². The fraction of sp³-hybridized carbons (Fsp3) is 0.500. The Morgan fingerprint density at radius 1 is 1.38 bits per heavy atom. The molecule has 4 N–H and O–H groups in total. The van der Waals surface area contributed by atoms with Gasteiger partial charge < -0.3 is 25.6 Å². The highest BCUT2D eigenvalue weighted by Gasteiger charge is 2.12. The van der Waals surface area contributed by atoms with Crippen LogP contribution in [0.1, 0.15) is 0 Å². The van der Waals surface area contributed by atoms with Gasteiger partial charge in [0.25, 0.3) is 0 Å². The van der Waals surface area contributed by atoms with Crippen molar-refractivity contribution in [3.05, 3.63) is 18.2 Å². The molecule has 0 aliphatic heterocycles. The third-order valence-electron chi connectivity index (χ3n) is 2.89. The largest absolute Gasteiger partial charge is 0.494 e. The van der Waals surface area contributed by atoms with Crippen LogP contribution in [0.2, 0.25) is 0 Å². The molecule has 0 aliphatic rings. The number of aliphatic hydroxyl groups is 1. The quantitative estimate of drug-likeness (QED) is 0.562. The van der Waals surface area contributed by atoms with Crippen LogP contribution in [0.25, 0.3) is 0 Å². The average molecular weight is 297 g/mol. The molecule has 0 aliphatic carbocycles. The Morgan fingerprint density at radius 2 is 2.14 bits per heavy atom. The zero-order chi connectivity index (χ0) is 15.7. The molecule has 0 saturated heterocycles. The van der Waals surface area contributed by atoms with Crippen molar-refractivity contribution in [1.82, 2.24) is 4.90 Å². The summed E-state index contributed by atoms with van der Waals surface area (Å²) in [4.78, 5) is 13.9. The van der Waals surface area contributed by atoms with Crippen molar-refractivity contribution in [2.75, 3.05) is 58.1 Å². The first-order valence-corrected chi connectivity index (χ1v) is 6.66. The summed E-state index contributed by atoms with van der Waals surface area (Å²) in [6.07, 6.45) is 0. The van der Waals surface area contributed by atoms with E-state index in [-0.39, 0.29) is 19.1 Å². The van der Waals surface area contributed by atoms with Crippen molar-refractivity contribution in [3.8, 4) is 5.75 Å². The van der Waals surface area contributed by atoms with Crippen LogP contribution in [-0.4, -0.2) is 63.0 Å². The minimum absolute atomic E-state index is 0.0117.